The van der Waals surface area contributed by atoms with Gasteiger partial charge in [-0.2, -0.15) is 4.98 Å². The lowest BCUT2D eigenvalue weighted by Gasteiger charge is -2.26. The summed E-state index contributed by atoms with van der Waals surface area (Å²) in [4.78, 5) is 33.8. The lowest BCUT2D eigenvalue weighted by Crippen LogP contribution is -2.37. The van der Waals surface area contributed by atoms with Gasteiger partial charge in [0.1, 0.15) is 17.8 Å². The van der Waals surface area contributed by atoms with E-state index in [1.807, 2.05) is 31.2 Å². The first-order chi connectivity index (χ1) is 23.1. The number of ether oxygens (including phenoxy) is 3. The lowest BCUT2D eigenvalue weighted by molar-refractivity contribution is 0.0378. The number of anilines is 2. The summed E-state index contributed by atoms with van der Waals surface area (Å²) in [5.74, 6) is 2.66. The zero-order valence-corrected chi connectivity index (χ0v) is 27.2. The van der Waals surface area contributed by atoms with Crippen LogP contribution < -0.4 is 20.1 Å². The Hall–Kier alpha value is -4.61. The zero-order valence-electron chi connectivity index (χ0n) is 27.2. The third-order valence-corrected chi connectivity index (χ3v) is 8.83. The molecule has 1 aliphatic heterocycles. The van der Waals surface area contributed by atoms with E-state index in [1.54, 1.807) is 25.4 Å². The molecule has 0 radical (unpaired) electrons. The van der Waals surface area contributed by atoms with Gasteiger partial charge >= 0.3 is 0 Å². The monoisotopic (exact) mass is 637 g/mol. The predicted molar refractivity (Wildman–Crippen MR) is 181 cm³/mol. The van der Waals surface area contributed by atoms with Crippen molar-refractivity contribution in [1.82, 2.24) is 24.8 Å². The zero-order chi connectivity index (χ0) is 32.4. The second-order valence-corrected chi connectivity index (χ2v) is 12.1. The van der Waals surface area contributed by atoms with E-state index in [4.69, 9.17) is 14.2 Å². The van der Waals surface area contributed by atoms with E-state index < -0.39 is 0 Å². The summed E-state index contributed by atoms with van der Waals surface area (Å²) < 4.78 is 17.3. The number of amides is 1. The van der Waals surface area contributed by atoms with Gasteiger partial charge in [0.25, 0.3) is 5.91 Å². The van der Waals surface area contributed by atoms with Gasteiger partial charge in [-0.1, -0.05) is 31.4 Å². The van der Waals surface area contributed by atoms with Gasteiger partial charge in [0.2, 0.25) is 11.8 Å². The molecule has 1 aliphatic carbocycles. The fourth-order valence-corrected chi connectivity index (χ4v) is 6.14. The summed E-state index contributed by atoms with van der Waals surface area (Å²) in [5, 5.41) is 6.38. The SMILES string of the molecule is COc1ccc(C2CCCCC2)cc1NC(=O)c1ccc(C)c(Oc2ncccc2-c2ncnc(NCCCN3CCOCC3)n2)c1. The van der Waals surface area contributed by atoms with E-state index in [9.17, 15) is 4.79 Å². The maximum absolute atomic E-state index is 13.5. The Bertz CT molecular complexity index is 1650. The van der Waals surface area contributed by atoms with E-state index in [2.05, 4.69) is 47.6 Å². The Labute approximate surface area is 276 Å². The van der Waals surface area contributed by atoms with Crippen LogP contribution in [-0.2, 0) is 4.74 Å². The van der Waals surface area contributed by atoms with Crippen LogP contribution in [-0.4, -0.2) is 77.2 Å². The number of hydrogen-bond donors (Lipinski definition) is 2. The van der Waals surface area contributed by atoms with Crippen molar-refractivity contribution in [2.75, 3.05) is 57.1 Å². The van der Waals surface area contributed by atoms with Crippen molar-refractivity contribution in [1.29, 1.82) is 0 Å². The van der Waals surface area contributed by atoms with Crippen molar-refractivity contribution in [3.05, 3.63) is 77.7 Å². The van der Waals surface area contributed by atoms with Crippen molar-refractivity contribution < 1.29 is 19.0 Å². The van der Waals surface area contributed by atoms with E-state index in [1.165, 1.54) is 44.0 Å². The summed E-state index contributed by atoms with van der Waals surface area (Å²) in [6.45, 7) is 7.18. The maximum atomic E-state index is 13.5. The molecule has 0 unspecified atom stereocenters. The average Bonchev–Trinajstić information content (AvgIpc) is 3.12. The van der Waals surface area contributed by atoms with Crippen LogP contribution in [0.2, 0.25) is 0 Å². The molecule has 0 spiro atoms. The summed E-state index contributed by atoms with van der Waals surface area (Å²) in [5.41, 5.74) is 3.83. The molecule has 3 heterocycles. The lowest BCUT2D eigenvalue weighted by atomic mass is 9.84. The number of aryl methyl sites for hydroxylation is 1. The standard InChI is InChI=1S/C36H43N7O4/c1-25-11-12-28(34(44)41-30-22-27(13-14-31(30)45-2)26-8-4-3-5-9-26)23-32(25)47-35-29(10-6-15-37-35)33-39-24-40-36(42-33)38-16-7-17-43-18-20-46-21-19-43/h6,10-15,22-24,26H,3-5,7-9,16-21H2,1-2H3,(H,41,44)(H,38,39,40,42). The molecule has 4 aromatic rings. The van der Waals surface area contributed by atoms with Gasteiger partial charge in [0, 0.05) is 31.4 Å². The van der Waals surface area contributed by atoms with Crippen LogP contribution >= 0.6 is 0 Å². The molecule has 11 heteroatoms. The van der Waals surface area contributed by atoms with Gasteiger partial charge in [-0.3, -0.25) is 9.69 Å². The molecule has 0 atom stereocenters. The first-order valence-corrected chi connectivity index (χ1v) is 16.5. The highest BCUT2D eigenvalue weighted by Gasteiger charge is 2.20. The second kappa shape index (κ2) is 15.8. The number of benzene rings is 2. The molecule has 11 nitrogen and oxygen atoms in total. The average molecular weight is 638 g/mol. The van der Waals surface area contributed by atoms with Crippen molar-refractivity contribution in [3.8, 4) is 28.8 Å². The summed E-state index contributed by atoms with van der Waals surface area (Å²) in [6, 6.07) is 15.2. The quantitative estimate of drug-likeness (QED) is 0.167. The van der Waals surface area contributed by atoms with Gasteiger partial charge in [-0.05, 0) is 86.2 Å². The van der Waals surface area contributed by atoms with Crippen LogP contribution in [0, 0.1) is 6.92 Å². The Morgan fingerprint density at radius 2 is 1.85 bits per heavy atom. The number of nitrogens with zero attached hydrogens (tertiary/aromatic N) is 5. The Kier molecular flexibility index (Phi) is 10.9. The van der Waals surface area contributed by atoms with Gasteiger partial charge in [-0.25, -0.2) is 15.0 Å². The second-order valence-electron chi connectivity index (χ2n) is 12.1. The maximum Gasteiger partial charge on any atom is 0.255 e. The topological polar surface area (TPSA) is 124 Å². The number of rotatable bonds is 12. The smallest absolute Gasteiger partial charge is 0.255 e. The first kappa shape index (κ1) is 32.3. The molecule has 2 aromatic heterocycles. The van der Waals surface area contributed by atoms with E-state index in [-0.39, 0.29) is 5.91 Å². The molecule has 2 N–H and O–H groups in total. The third kappa shape index (κ3) is 8.41. The highest BCUT2D eigenvalue weighted by atomic mass is 16.5. The molecule has 2 fully saturated rings. The minimum Gasteiger partial charge on any atom is -0.495 e. The van der Waals surface area contributed by atoms with Crippen LogP contribution in [0.1, 0.15) is 65.9 Å². The molecule has 2 aliphatic rings. The van der Waals surface area contributed by atoms with Gasteiger partial charge < -0.3 is 24.8 Å². The number of hydrogen-bond acceptors (Lipinski definition) is 10. The molecule has 2 aromatic carbocycles. The fraction of sp³-hybridized carbons (Fsp3) is 0.417. The van der Waals surface area contributed by atoms with E-state index in [0.717, 1.165) is 51.4 Å². The molecule has 1 saturated carbocycles. The van der Waals surface area contributed by atoms with Crippen LogP contribution in [0.5, 0.6) is 17.4 Å². The van der Waals surface area contributed by atoms with Gasteiger partial charge in [0.05, 0.1) is 31.6 Å². The number of carbonyl (C=O) groups is 1. The van der Waals surface area contributed by atoms with Crippen molar-refractivity contribution in [3.63, 3.8) is 0 Å². The van der Waals surface area contributed by atoms with Crippen molar-refractivity contribution in [2.45, 2.75) is 51.4 Å². The number of methoxy groups -OCH3 is 1. The predicted octanol–water partition coefficient (Wildman–Crippen LogP) is 6.48. The fourth-order valence-electron chi connectivity index (χ4n) is 6.14. The highest BCUT2D eigenvalue weighted by Crippen LogP contribution is 2.37. The summed E-state index contributed by atoms with van der Waals surface area (Å²) in [6.07, 6.45) is 10.2. The highest BCUT2D eigenvalue weighted by molar-refractivity contribution is 6.05. The van der Waals surface area contributed by atoms with Gasteiger partial charge in [-0.15, -0.1) is 0 Å². The third-order valence-electron chi connectivity index (χ3n) is 8.83. The minimum absolute atomic E-state index is 0.253. The number of nitrogens with one attached hydrogen (secondary N) is 2. The van der Waals surface area contributed by atoms with Crippen LogP contribution in [0.15, 0.2) is 61.1 Å². The van der Waals surface area contributed by atoms with Crippen molar-refractivity contribution in [2.24, 2.45) is 0 Å². The Morgan fingerprint density at radius 1 is 1.00 bits per heavy atom. The largest absolute Gasteiger partial charge is 0.495 e. The van der Waals surface area contributed by atoms with Crippen LogP contribution in [0.3, 0.4) is 0 Å². The number of carbonyl (C=O) groups excluding carboxylic acids is 1. The molecule has 1 amide bonds. The normalized spacial score (nSPS) is 15.6. The van der Waals surface area contributed by atoms with Crippen LogP contribution in [0.4, 0.5) is 11.6 Å². The molecule has 6 rings (SSSR count). The summed E-state index contributed by atoms with van der Waals surface area (Å²) in [7, 11) is 1.62. The minimum atomic E-state index is -0.253. The number of morpholine rings is 1. The molecule has 246 valence electrons. The Balaban J connectivity index is 1.15. The van der Waals surface area contributed by atoms with Crippen molar-refractivity contribution >= 4 is 17.5 Å². The molecule has 1 saturated heterocycles. The molecular weight excluding hydrogens is 594 g/mol. The molecule has 0 bridgehead atoms. The first-order valence-electron chi connectivity index (χ1n) is 16.5. The number of aromatic nitrogens is 4. The number of pyridine rings is 1. The van der Waals surface area contributed by atoms with E-state index >= 15 is 0 Å². The Morgan fingerprint density at radius 3 is 2.68 bits per heavy atom. The van der Waals surface area contributed by atoms with Gasteiger partial charge in [0.15, 0.2) is 5.82 Å². The molecule has 47 heavy (non-hydrogen) atoms. The summed E-state index contributed by atoms with van der Waals surface area (Å²) >= 11 is 0. The van der Waals surface area contributed by atoms with Crippen LogP contribution in [0.25, 0.3) is 11.4 Å². The molecular formula is C36H43N7O4. The van der Waals surface area contributed by atoms with E-state index in [0.29, 0.717) is 51.9 Å².